The number of nitriles is 1. The van der Waals surface area contributed by atoms with Gasteiger partial charge in [-0.1, -0.05) is 0 Å². The van der Waals surface area contributed by atoms with Crippen molar-refractivity contribution in [2.24, 2.45) is 0 Å². The Bertz CT molecular complexity index is 987. The van der Waals surface area contributed by atoms with Crippen LogP contribution in [0.2, 0.25) is 0 Å². The number of benzene rings is 1. The molecule has 0 bridgehead atoms. The molecule has 1 aromatic carbocycles. The molecule has 0 amide bonds. The predicted octanol–water partition coefficient (Wildman–Crippen LogP) is 1.50. The highest BCUT2D eigenvalue weighted by Crippen LogP contribution is 2.40. The highest BCUT2D eigenvalue weighted by molar-refractivity contribution is 6.64. The Morgan fingerprint density at radius 3 is 2.17 bits per heavy atom. The molecule has 0 saturated carbocycles. The first-order valence-electron chi connectivity index (χ1n) is 8.99. The van der Waals surface area contributed by atoms with Crippen LogP contribution in [0.15, 0.2) is 12.1 Å². The molecule has 29 heavy (non-hydrogen) atoms. The smallest absolute Gasteiger partial charge is 0.495 e. The van der Waals surface area contributed by atoms with E-state index in [0.29, 0.717) is 22.5 Å². The first-order valence-corrected chi connectivity index (χ1v) is 8.99. The molecule has 9 nitrogen and oxygen atoms in total. The van der Waals surface area contributed by atoms with E-state index in [1.807, 2.05) is 33.8 Å². The standard InChI is InChI=1S/C19H24BN5O4/c1-18(2)19(3,4)29-20(28-18)12-7-10(26-5)8-13(27-6)14(12)15-11(9-21)16(22)25-17(23)24-15/h7-8H,1-6H3,(H4,22,23,24,25). The molecule has 0 unspecified atom stereocenters. The summed E-state index contributed by atoms with van der Waals surface area (Å²) in [5.74, 6) is 0.855. The Hall–Kier alpha value is -3.03. The zero-order chi connectivity index (χ0) is 21.6. The lowest BCUT2D eigenvalue weighted by atomic mass is 9.74. The third kappa shape index (κ3) is 3.43. The van der Waals surface area contributed by atoms with Crippen LogP contribution in [0.25, 0.3) is 11.3 Å². The minimum atomic E-state index is -0.761. The second-order valence-electron chi connectivity index (χ2n) is 7.68. The maximum Gasteiger partial charge on any atom is 0.495 e. The van der Waals surface area contributed by atoms with Gasteiger partial charge in [-0.15, -0.1) is 0 Å². The minimum Gasteiger partial charge on any atom is -0.497 e. The predicted molar refractivity (Wildman–Crippen MR) is 110 cm³/mol. The number of anilines is 2. The van der Waals surface area contributed by atoms with Crippen LogP contribution >= 0.6 is 0 Å². The van der Waals surface area contributed by atoms with E-state index in [9.17, 15) is 5.26 Å². The number of ether oxygens (including phenoxy) is 2. The molecule has 0 radical (unpaired) electrons. The summed E-state index contributed by atoms with van der Waals surface area (Å²) in [7, 11) is 2.29. The number of nitrogens with zero attached hydrogens (tertiary/aromatic N) is 3. The molecule has 1 aliphatic rings. The Labute approximate surface area is 170 Å². The van der Waals surface area contributed by atoms with Crippen molar-refractivity contribution in [1.82, 2.24) is 9.97 Å². The number of rotatable bonds is 4. The molecular weight excluding hydrogens is 373 g/mol. The van der Waals surface area contributed by atoms with Crippen LogP contribution in [0.4, 0.5) is 11.8 Å². The number of nitrogens with two attached hydrogens (primary N) is 2. The van der Waals surface area contributed by atoms with E-state index in [0.717, 1.165) is 0 Å². The van der Waals surface area contributed by atoms with Gasteiger partial charge in [0.05, 0.1) is 31.1 Å². The summed E-state index contributed by atoms with van der Waals surface area (Å²) in [4.78, 5) is 8.16. The van der Waals surface area contributed by atoms with Gasteiger partial charge < -0.3 is 30.2 Å². The summed E-state index contributed by atoms with van der Waals surface area (Å²) in [5.41, 5.74) is 12.0. The van der Waals surface area contributed by atoms with Gasteiger partial charge in [0.25, 0.3) is 0 Å². The van der Waals surface area contributed by atoms with Gasteiger partial charge in [-0.2, -0.15) is 10.2 Å². The van der Waals surface area contributed by atoms with Gasteiger partial charge in [-0.3, -0.25) is 0 Å². The van der Waals surface area contributed by atoms with Crippen molar-refractivity contribution in [2.45, 2.75) is 38.9 Å². The lowest BCUT2D eigenvalue weighted by Gasteiger charge is -2.32. The third-order valence-corrected chi connectivity index (χ3v) is 5.37. The average molecular weight is 397 g/mol. The van der Waals surface area contributed by atoms with Crippen molar-refractivity contribution in [3.63, 3.8) is 0 Å². The minimum absolute atomic E-state index is 0.0206. The topological polar surface area (TPSA) is 139 Å². The maximum absolute atomic E-state index is 9.66. The molecule has 1 aliphatic heterocycles. The van der Waals surface area contributed by atoms with Crippen molar-refractivity contribution in [3.8, 4) is 28.8 Å². The van der Waals surface area contributed by atoms with E-state index in [1.54, 1.807) is 19.2 Å². The lowest BCUT2D eigenvalue weighted by Crippen LogP contribution is -2.41. The first kappa shape index (κ1) is 20.7. The molecule has 1 saturated heterocycles. The van der Waals surface area contributed by atoms with Crippen molar-refractivity contribution in [3.05, 3.63) is 17.7 Å². The van der Waals surface area contributed by atoms with E-state index >= 15 is 0 Å². The second kappa shape index (κ2) is 7.10. The highest BCUT2D eigenvalue weighted by atomic mass is 16.7. The SMILES string of the molecule is COc1cc(OC)c(-c2nc(N)nc(N)c2C#N)c(B2OC(C)(C)C(C)(C)O2)c1. The van der Waals surface area contributed by atoms with Crippen LogP contribution in [-0.2, 0) is 9.31 Å². The molecule has 0 aliphatic carbocycles. The fourth-order valence-electron chi connectivity index (χ4n) is 3.09. The monoisotopic (exact) mass is 397 g/mol. The van der Waals surface area contributed by atoms with Gasteiger partial charge in [0.1, 0.15) is 28.9 Å². The van der Waals surface area contributed by atoms with Crippen molar-refractivity contribution in [1.29, 1.82) is 5.26 Å². The largest absolute Gasteiger partial charge is 0.497 e. The fraction of sp³-hybridized carbons (Fsp3) is 0.421. The van der Waals surface area contributed by atoms with E-state index in [1.165, 1.54) is 7.11 Å². The van der Waals surface area contributed by atoms with E-state index < -0.39 is 18.3 Å². The number of methoxy groups -OCH3 is 2. The highest BCUT2D eigenvalue weighted by Gasteiger charge is 2.52. The van der Waals surface area contributed by atoms with Crippen LogP contribution in [0, 0.1) is 11.3 Å². The molecule has 3 rings (SSSR count). The Kier molecular flexibility index (Phi) is 5.07. The molecule has 1 fully saturated rings. The summed E-state index contributed by atoms with van der Waals surface area (Å²) < 4.78 is 23.4. The van der Waals surface area contributed by atoms with E-state index in [2.05, 4.69) is 9.97 Å². The van der Waals surface area contributed by atoms with Crippen LogP contribution in [0.5, 0.6) is 11.5 Å². The van der Waals surface area contributed by atoms with Crippen LogP contribution < -0.4 is 26.4 Å². The molecule has 2 heterocycles. The van der Waals surface area contributed by atoms with Crippen LogP contribution in [0.1, 0.15) is 33.3 Å². The molecular formula is C19H24BN5O4. The lowest BCUT2D eigenvalue weighted by molar-refractivity contribution is 0.00578. The number of aromatic nitrogens is 2. The van der Waals surface area contributed by atoms with Gasteiger partial charge in [0.2, 0.25) is 5.95 Å². The van der Waals surface area contributed by atoms with E-state index in [-0.39, 0.29) is 23.0 Å². The quantitative estimate of drug-likeness (QED) is 0.735. The van der Waals surface area contributed by atoms with Crippen molar-refractivity contribution in [2.75, 3.05) is 25.7 Å². The van der Waals surface area contributed by atoms with Crippen molar-refractivity contribution >= 4 is 24.3 Å². The molecule has 1 aromatic heterocycles. The average Bonchev–Trinajstić information content (AvgIpc) is 2.87. The molecule has 152 valence electrons. The second-order valence-corrected chi connectivity index (χ2v) is 7.68. The summed E-state index contributed by atoms with van der Waals surface area (Å²) in [6.45, 7) is 7.80. The molecule has 4 N–H and O–H groups in total. The molecule has 2 aromatic rings. The third-order valence-electron chi connectivity index (χ3n) is 5.37. The van der Waals surface area contributed by atoms with E-state index in [4.69, 9.17) is 30.2 Å². The number of nitrogen functional groups attached to an aromatic ring is 2. The zero-order valence-electron chi connectivity index (χ0n) is 17.4. The van der Waals surface area contributed by atoms with Crippen LogP contribution in [0.3, 0.4) is 0 Å². The van der Waals surface area contributed by atoms with Gasteiger partial charge >= 0.3 is 7.12 Å². The molecule has 0 spiro atoms. The van der Waals surface area contributed by atoms with Crippen LogP contribution in [-0.4, -0.2) is 42.5 Å². The normalized spacial score (nSPS) is 17.1. The number of hydrogen-bond donors (Lipinski definition) is 2. The Morgan fingerprint density at radius 1 is 1.03 bits per heavy atom. The van der Waals surface area contributed by atoms with Crippen molar-refractivity contribution < 1.29 is 18.8 Å². The summed E-state index contributed by atoms with van der Waals surface area (Å²) in [6.07, 6.45) is 0. The number of hydrogen-bond acceptors (Lipinski definition) is 9. The Balaban J connectivity index is 2.33. The summed E-state index contributed by atoms with van der Waals surface area (Å²) in [6, 6.07) is 5.49. The summed E-state index contributed by atoms with van der Waals surface area (Å²) in [5, 5.41) is 9.66. The molecule has 0 atom stereocenters. The van der Waals surface area contributed by atoms with Gasteiger partial charge in [0, 0.05) is 11.6 Å². The fourth-order valence-corrected chi connectivity index (χ4v) is 3.09. The summed E-state index contributed by atoms with van der Waals surface area (Å²) >= 11 is 0. The van der Waals surface area contributed by atoms with Gasteiger partial charge in [-0.25, -0.2) is 4.98 Å². The zero-order valence-corrected chi connectivity index (χ0v) is 17.4. The van der Waals surface area contributed by atoms with Gasteiger partial charge in [-0.05, 0) is 39.2 Å². The maximum atomic E-state index is 9.66. The Morgan fingerprint density at radius 2 is 1.66 bits per heavy atom. The van der Waals surface area contributed by atoms with Gasteiger partial charge in [0.15, 0.2) is 0 Å². The molecule has 10 heteroatoms. The first-order chi connectivity index (χ1) is 13.5.